The lowest BCUT2D eigenvalue weighted by molar-refractivity contribution is -0.121. The van der Waals surface area contributed by atoms with Gasteiger partial charge in [0.15, 0.2) is 0 Å². The van der Waals surface area contributed by atoms with Crippen LogP contribution in [0.3, 0.4) is 0 Å². The monoisotopic (exact) mass is 230 g/mol. The summed E-state index contributed by atoms with van der Waals surface area (Å²) in [5, 5.41) is 0. The molecule has 1 aromatic rings. The van der Waals surface area contributed by atoms with E-state index < -0.39 is 0 Å². The molecule has 1 aliphatic heterocycles. The first-order chi connectivity index (χ1) is 8.34. The molecule has 3 rings (SSSR count). The summed E-state index contributed by atoms with van der Waals surface area (Å²) in [6, 6.07) is 8.45. The fourth-order valence-electron chi connectivity index (χ4n) is 2.60. The van der Waals surface area contributed by atoms with Gasteiger partial charge in [-0.2, -0.15) is 0 Å². The molecule has 1 aliphatic carbocycles. The van der Waals surface area contributed by atoms with Crippen LogP contribution in [0.15, 0.2) is 24.3 Å². The number of ether oxygens (including phenoxy) is 1. The Bertz CT molecular complexity index is 421. The Hall–Kier alpha value is -1.15. The van der Waals surface area contributed by atoms with Crippen LogP contribution in [-0.2, 0) is 16.0 Å². The highest BCUT2D eigenvalue weighted by Crippen LogP contribution is 2.34. The van der Waals surface area contributed by atoms with Crippen LogP contribution in [0, 0.1) is 5.92 Å². The molecule has 90 valence electrons. The molecular weight excluding hydrogens is 212 g/mol. The van der Waals surface area contributed by atoms with Crippen LogP contribution in [0.2, 0.25) is 0 Å². The first-order valence-electron chi connectivity index (χ1n) is 6.57. The third-order valence-corrected chi connectivity index (χ3v) is 3.78. The SMILES string of the molecule is O=C(CCC1OCCc2ccccc21)C1CC1. The van der Waals surface area contributed by atoms with Crippen LogP contribution in [0.25, 0.3) is 0 Å². The Balaban J connectivity index is 1.65. The minimum atomic E-state index is 0.141. The predicted molar refractivity (Wildman–Crippen MR) is 65.8 cm³/mol. The van der Waals surface area contributed by atoms with Crippen LogP contribution in [0.5, 0.6) is 0 Å². The molecule has 0 bridgehead atoms. The van der Waals surface area contributed by atoms with Gasteiger partial charge >= 0.3 is 0 Å². The van der Waals surface area contributed by atoms with Gasteiger partial charge in [-0.15, -0.1) is 0 Å². The van der Waals surface area contributed by atoms with Crippen molar-refractivity contribution in [2.24, 2.45) is 5.92 Å². The standard InChI is InChI=1S/C15H18O2/c16-14(12-5-6-12)7-8-15-13-4-2-1-3-11(13)9-10-17-15/h1-4,12,15H,5-10H2. The number of carbonyl (C=O) groups excluding carboxylic acids is 1. The molecule has 0 amide bonds. The highest BCUT2D eigenvalue weighted by atomic mass is 16.5. The number of carbonyl (C=O) groups is 1. The first-order valence-corrected chi connectivity index (χ1v) is 6.57. The molecule has 2 heteroatoms. The van der Waals surface area contributed by atoms with Crippen LogP contribution in [0.4, 0.5) is 0 Å². The van der Waals surface area contributed by atoms with Crippen molar-refractivity contribution >= 4 is 5.78 Å². The van der Waals surface area contributed by atoms with E-state index in [1.807, 2.05) is 0 Å². The van der Waals surface area contributed by atoms with Gasteiger partial charge in [0.25, 0.3) is 0 Å². The van der Waals surface area contributed by atoms with Crippen LogP contribution in [-0.4, -0.2) is 12.4 Å². The van der Waals surface area contributed by atoms with Gasteiger partial charge in [-0.3, -0.25) is 4.79 Å². The van der Waals surface area contributed by atoms with Gasteiger partial charge < -0.3 is 4.74 Å². The normalized spacial score (nSPS) is 23.2. The highest BCUT2D eigenvalue weighted by Gasteiger charge is 2.30. The predicted octanol–water partition coefficient (Wildman–Crippen LogP) is 3.06. The average molecular weight is 230 g/mol. The molecule has 1 fully saturated rings. The summed E-state index contributed by atoms with van der Waals surface area (Å²) in [4.78, 5) is 11.7. The molecular formula is C15H18O2. The minimum absolute atomic E-state index is 0.141. The van der Waals surface area contributed by atoms with E-state index in [2.05, 4.69) is 24.3 Å². The zero-order valence-corrected chi connectivity index (χ0v) is 10.0. The van der Waals surface area contributed by atoms with Crippen LogP contribution in [0.1, 0.15) is 42.9 Å². The van der Waals surface area contributed by atoms with Crippen LogP contribution >= 0.6 is 0 Å². The molecule has 0 saturated heterocycles. The molecule has 1 saturated carbocycles. The zero-order chi connectivity index (χ0) is 11.7. The Kier molecular flexibility index (Phi) is 2.98. The molecule has 17 heavy (non-hydrogen) atoms. The van der Waals surface area contributed by atoms with Crippen molar-refractivity contribution in [2.45, 2.75) is 38.2 Å². The second kappa shape index (κ2) is 4.61. The lowest BCUT2D eigenvalue weighted by Gasteiger charge is -2.25. The summed E-state index contributed by atoms with van der Waals surface area (Å²) in [6.07, 6.45) is 4.91. The lowest BCUT2D eigenvalue weighted by Crippen LogP contribution is -2.17. The third kappa shape index (κ3) is 2.42. The minimum Gasteiger partial charge on any atom is -0.373 e. The summed E-state index contributed by atoms with van der Waals surface area (Å²) < 4.78 is 5.80. The summed E-state index contributed by atoms with van der Waals surface area (Å²) in [7, 11) is 0. The second-order valence-corrected chi connectivity index (χ2v) is 5.09. The highest BCUT2D eigenvalue weighted by molar-refractivity contribution is 5.83. The van der Waals surface area contributed by atoms with Gasteiger partial charge in [-0.05, 0) is 36.8 Å². The number of ketones is 1. The second-order valence-electron chi connectivity index (χ2n) is 5.09. The van der Waals surface area contributed by atoms with E-state index in [1.165, 1.54) is 11.1 Å². The number of benzene rings is 1. The molecule has 1 atom stereocenters. The fourth-order valence-corrected chi connectivity index (χ4v) is 2.60. The van der Waals surface area contributed by atoms with Crippen LogP contribution < -0.4 is 0 Å². The third-order valence-electron chi connectivity index (χ3n) is 3.78. The number of fused-ring (bicyclic) bond motifs is 1. The molecule has 1 unspecified atom stereocenters. The summed E-state index contributed by atoms with van der Waals surface area (Å²) in [5.41, 5.74) is 2.69. The first kappa shape index (κ1) is 11.0. The van der Waals surface area contributed by atoms with Gasteiger partial charge in [0.1, 0.15) is 5.78 Å². The van der Waals surface area contributed by atoms with Crippen molar-refractivity contribution in [3.05, 3.63) is 35.4 Å². The molecule has 0 N–H and O–H groups in total. The number of rotatable bonds is 4. The van der Waals surface area contributed by atoms with E-state index in [9.17, 15) is 4.79 Å². The number of Topliss-reactive ketones (excluding diaryl/α,β-unsaturated/α-hetero) is 1. The van der Waals surface area contributed by atoms with E-state index in [0.717, 1.165) is 32.3 Å². The van der Waals surface area contributed by atoms with E-state index in [0.29, 0.717) is 18.1 Å². The number of hydrogen-bond acceptors (Lipinski definition) is 2. The Morgan fingerprint density at radius 2 is 2.12 bits per heavy atom. The fraction of sp³-hybridized carbons (Fsp3) is 0.533. The van der Waals surface area contributed by atoms with Crippen molar-refractivity contribution < 1.29 is 9.53 Å². The topological polar surface area (TPSA) is 26.3 Å². The lowest BCUT2D eigenvalue weighted by atomic mass is 9.94. The molecule has 0 spiro atoms. The van der Waals surface area contributed by atoms with E-state index >= 15 is 0 Å². The Labute approximate surface area is 102 Å². The molecule has 0 aromatic heterocycles. The molecule has 0 radical (unpaired) electrons. The number of hydrogen-bond donors (Lipinski definition) is 0. The van der Waals surface area contributed by atoms with Gasteiger partial charge in [-0.1, -0.05) is 24.3 Å². The maximum absolute atomic E-state index is 11.7. The van der Waals surface area contributed by atoms with Crippen molar-refractivity contribution in [1.82, 2.24) is 0 Å². The smallest absolute Gasteiger partial charge is 0.136 e. The quantitative estimate of drug-likeness (QED) is 0.794. The average Bonchev–Trinajstić information content (AvgIpc) is 3.20. The molecule has 2 nitrogen and oxygen atoms in total. The van der Waals surface area contributed by atoms with Gasteiger partial charge in [-0.25, -0.2) is 0 Å². The Morgan fingerprint density at radius 3 is 2.94 bits per heavy atom. The maximum atomic E-state index is 11.7. The van der Waals surface area contributed by atoms with Crippen molar-refractivity contribution in [1.29, 1.82) is 0 Å². The van der Waals surface area contributed by atoms with E-state index in [-0.39, 0.29) is 6.10 Å². The van der Waals surface area contributed by atoms with Crippen molar-refractivity contribution in [3.8, 4) is 0 Å². The summed E-state index contributed by atoms with van der Waals surface area (Å²) in [5.74, 6) is 0.825. The summed E-state index contributed by atoms with van der Waals surface area (Å²) >= 11 is 0. The maximum Gasteiger partial charge on any atom is 0.136 e. The molecule has 2 aliphatic rings. The summed E-state index contributed by atoms with van der Waals surface area (Å²) in [6.45, 7) is 0.791. The van der Waals surface area contributed by atoms with Gasteiger partial charge in [0, 0.05) is 12.3 Å². The van der Waals surface area contributed by atoms with Crippen molar-refractivity contribution in [3.63, 3.8) is 0 Å². The van der Waals surface area contributed by atoms with E-state index in [1.54, 1.807) is 0 Å². The zero-order valence-electron chi connectivity index (χ0n) is 10.0. The Morgan fingerprint density at radius 1 is 1.29 bits per heavy atom. The molecule has 1 aromatic carbocycles. The van der Waals surface area contributed by atoms with Gasteiger partial charge in [0.05, 0.1) is 12.7 Å². The van der Waals surface area contributed by atoms with Gasteiger partial charge in [0.2, 0.25) is 0 Å². The van der Waals surface area contributed by atoms with E-state index in [4.69, 9.17) is 4.74 Å². The molecule has 1 heterocycles. The largest absolute Gasteiger partial charge is 0.373 e. The van der Waals surface area contributed by atoms with Crippen molar-refractivity contribution in [2.75, 3.05) is 6.61 Å².